The van der Waals surface area contributed by atoms with Crippen molar-refractivity contribution in [3.63, 3.8) is 0 Å². The quantitative estimate of drug-likeness (QED) is 0.450. The van der Waals surface area contributed by atoms with E-state index >= 15 is 0 Å². The molecule has 0 aliphatic carbocycles. The van der Waals surface area contributed by atoms with Crippen molar-refractivity contribution in [3.05, 3.63) is 48.7 Å². The standard InChI is InChI=1S/C14H11O2/c1-15-13-8-9-16-14-11-5-3-2-4-10(11)6-7-12(13)14/h2-9H,1H3/q+1. The SMILES string of the molecule is COc1cc[o+]c2c1ccc1ccccc12. The van der Waals surface area contributed by atoms with Gasteiger partial charge in [-0.15, -0.1) is 0 Å². The molecule has 1 aromatic heterocycles. The Morgan fingerprint density at radius 2 is 1.81 bits per heavy atom. The summed E-state index contributed by atoms with van der Waals surface area (Å²) in [4.78, 5) is 0. The van der Waals surface area contributed by atoms with Crippen molar-refractivity contribution in [1.29, 1.82) is 0 Å². The molecule has 0 unspecified atom stereocenters. The van der Waals surface area contributed by atoms with E-state index in [1.54, 1.807) is 13.4 Å². The monoisotopic (exact) mass is 211 g/mol. The minimum atomic E-state index is 0.840. The molecular formula is C14H11O2+. The van der Waals surface area contributed by atoms with Gasteiger partial charge in [0.15, 0.2) is 0 Å². The number of hydrogen-bond acceptors (Lipinski definition) is 1. The number of hydrogen-bond donors (Lipinski definition) is 0. The predicted octanol–water partition coefficient (Wildman–Crippen LogP) is 3.88. The van der Waals surface area contributed by atoms with Gasteiger partial charge in [-0.25, -0.2) is 4.42 Å². The van der Waals surface area contributed by atoms with E-state index in [-0.39, 0.29) is 0 Å². The molecule has 3 rings (SSSR count). The highest BCUT2D eigenvalue weighted by Crippen LogP contribution is 2.31. The summed E-state index contributed by atoms with van der Waals surface area (Å²) in [5.74, 6) is 0.840. The highest BCUT2D eigenvalue weighted by molar-refractivity contribution is 6.05. The van der Waals surface area contributed by atoms with Gasteiger partial charge in [0.1, 0.15) is 11.1 Å². The number of fused-ring (bicyclic) bond motifs is 3. The van der Waals surface area contributed by atoms with Gasteiger partial charge >= 0.3 is 11.8 Å². The Bertz CT molecular complexity index is 659. The molecule has 1 heterocycles. The second kappa shape index (κ2) is 3.49. The Morgan fingerprint density at radius 3 is 2.69 bits per heavy atom. The summed E-state index contributed by atoms with van der Waals surface area (Å²) >= 11 is 0. The lowest BCUT2D eigenvalue weighted by molar-refractivity contribution is 0.416. The zero-order valence-corrected chi connectivity index (χ0v) is 8.94. The summed E-state index contributed by atoms with van der Waals surface area (Å²) in [5, 5.41) is 3.29. The highest BCUT2D eigenvalue weighted by atomic mass is 16.5. The van der Waals surface area contributed by atoms with E-state index in [2.05, 4.69) is 18.2 Å². The molecule has 2 nitrogen and oxygen atoms in total. The Labute approximate surface area is 93.1 Å². The molecule has 0 bridgehead atoms. The Balaban J connectivity index is 2.52. The van der Waals surface area contributed by atoms with Crippen LogP contribution >= 0.6 is 0 Å². The summed E-state index contributed by atoms with van der Waals surface area (Å²) in [6.45, 7) is 0. The highest BCUT2D eigenvalue weighted by Gasteiger charge is 2.14. The van der Waals surface area contributed by atoms with Crippen LogP contribution in [-0.4, -0.2) is 7.11 Å². The second-order valence-corrected chi connectivity index (χ2v) is 3.65. The van der Waals surface area contributed by atoms with Crippen LogP contribution in [0.15, 0.2) is 53.1 Å². The van der Waals surface area contributed by atoms with Gasteiger partial charge in [0, 0.05) is 0 Å². The second-order valence-electron chi connectivity index (χ2n) is 3.65. The molecular weight excluding hydrogens is 200 g/mol. The fourth-order valence-electron chi connectivity index (χ4n) is 2.00. The minimum absolute atomic E-state index is 0.840. The van der Waals surface area contributed by atoms with Gasteiger partial charge < -0.3 is 4.74 Å². The zero-order chi connectivity index (χ0) is 11.0. The van der Waals surface area contributed by atoms with Gasteiger partial charge in [0.2, 0.25) is 0 Å². The summed E-state index contributed by atoms with van der Waals surface area (Å²) in [7, 11) is 1.67. The van der Waals surface area contributed by atoms with Crippen molar-refractivity contribution >= 4 is 21.7 Å². The van der Waals surface area contributed by atoms with E-state index in [0.717, 1.165) is 22.1 Å². The molecule has 0 saturated carbocycles. The van der Waals surface area contributed by atoms with Crippen molar-refractivity contribution < 1.29 is 9.15 Å². The fourth-order valence-corrected chi connectivity index (χ4v) is 2.00. The van der Waals surface area contributed by atoms with Gasteiger partial charge in [-0.2, -0.15) is 0 Å². The number of methoxy groups -OCH3 is 1. The molecule has 78 valence electrons. The fraction of sp³-hybridized carbons (Fsp3) is 0.0714. The molecule has 0 amide bonds. The molecule has 0 aliphatic rings. The van der Waals surface area contributed by atoms with Crippen LogP contribution in [0.3, 0.4) is 0 Å². The molecule has 0 aliphatic heterocycles. The van der Waals surface area contributed by atoms with E-state index in [9.17, 15) is 0 Å². The summed E-state index contributed by atoms with van der Waals surface area (Å²) in [5.41, 5.74) is 0.873. The van der Waals surface area contributed by atoms with E-state index in [4.69, 9.17) is 9.15 Å². The lowest BCUT2D eigenvalue weighted by atomic mass is 10.1. The average molecular weight is 211 g/mol. The smallest absolute Gasteiger partial charge is 0.371 e. The van der Waals surface area contributed by atoms with Crippen LogP contribution in [0.1, 0.15) is 0 Å². The normalized spacial score (nSPS) is 10.8. The maximum atomic E-state index is 5.59. The van der Waals surface area contributed by atoms with Crippen molar-refractivity contribution in [3.8, 4) is 5.75 Å². The van der Waals surface area contributed by atoms with Crippen LogP contribution in [0.2, 0.25) is 0 Å². The average Bonchev–Trinajstić information content (AvgIpc) is 2.37. The van der Waals surface area contributed by atoms with E-state index in [1.165, 1.54) is 5.39 Å². The summed E-state index contributed by atoms with van der Waals surface area (Å²) in [6, 6.07) is 14.1. The third-order valence-electron chi connectivity index (χ3n) is 2.77. The topological polar surface area (TPSA) is 20.5 Å². The molecule has 16 heavy (non-hydrogen) atoms. The number of benzene rings is 2. The van der Waals surface area contributed by atoms with E-state index in [1.807, 2.05) is 24.3 Å². The van der Waals surface area contributed by atoms with Crippen molar-refractivity contribution in [2.24, 2.45) is 0 Å². The van der Waals surface area contributed by atoms with Crippen LogP contribution in [0.25, 0.3) is 21.7 Å². The van der Waals surface area contributed by atoms with Crippen LogP contribution in [0, 0.1) is 0 Å². The van der Waals surface area contributed by atoms with Crippen molar-refractivity contribution in [1.82, 2.24) is 0 Å². The van der Waals surface area contributed by atoms with Crippen molar-refractivity contribution in [2.45, 2.75) is 0 Å². The maximum Gasteiger partial charge on any atom is 0.371 e. The molecule has 0 saturated heterocycles. The van der Waals surface area contributed by atoms with Gasteiger partial charge in [-0.05, 0) is 17.5 Å². The molecule has 0 N–H and O–H groups in total. The van der Waals surface area contributed by atoms with Crippen LogP contribution in [0.5, 0.6) is 5.75 Å². The molecule has 2 heteroatoms. The third kappa shape index (κ3) is 1.23. The Morgan fingerprint density at radius 1 is 0.938 bits per heavy atom. The maximum absolute atomic E-state index is 5.59. The molecule has 3 aromatic rings. The Hall–Kier alpha value is -2.09. The van der Waals surface area contributed by atoms with E-state index in [0.29, 0.717) is 0 Å². The third-order valence-corrected chi connectivity index (χ3v) is 2.77. The first-order valence-corrected chi connectivity index (χ1v) is 5.16. The van der Waals surface area contributed by atoms with Crippen LogP contribution in [-0.2, 0) is 0 Å². The molecule has 0 atom stereocenters. The molecule has 2 aromatic carbocycles. The zero-order valence-electron chi connectivity index (χ0n) is 8.94. The first-order valence-electron chi connectivity index (χ1n) is 5.16. The van der Waals surface area contributed by atoms with Gasteiger partial charge in [-0.3, -0.25) is 0 Å². The van der Waals surface area contributed by atoms with Gasteiger partial charge in [0.05, 0.1) is 18.6 Å². The Kier molecular flexibility index (Phi) is 2.00. The largest absolute Gasteiger partial charge is 0.495 e. The predicted molar refractivity (Wildman–Crippen MR) is 64.7 cm³/mol. The van der Waals surface area contributed by atoms with Crippen molar-refractivity contribution in [2.75, 3.05) is 7.11 Å². The molecule has 0 fully saturated rings. The molecule has 0 radical (unpaired) electrons. The van der Waals surface area contributed by atoms with Gasteiger partial charge in [0.25, 0.3) is 0 Å². The first-order chi connectivity index (χ1) is 7.90. The lowest BCUT2D eigenvalue weighted by Gasteiger charge is -2.00. The van der Waals surface area contributed by atoms with Crippen LogP contribution < -0.4 is 4.74 Å². The number of rotatable bonds is 1. The number of ether oxygens (including phenoxy) is 1. The van der Waals surface area contributed by atoms with Gasteiger partial charge in [-0.1, -0.05) is 24.3 Å². The van der Waals surface area contributed by atoms with E-state index < -0.39 is 0 Å². The molecule has 0 spiro atoms. The van der Waals surface area contributed by atoms with Crippen LogP contribution in [0.4, 0.5) is 0 Å². The minimum Gasteiger partial charge on any atom is -0.495 e. The summed E-state index contributed by atoms with van der Waals surface area (Å²) in [6.07, 6.45) is 1.66. The summed E-state index contributed by atoms with van der Waals surface area (Å²) < 4.78 is 10.9. The lowest BCUT2D eigenvalue weighted by Crippen LogP contribution is -1.85. The first kappa shape index (κ1) is 9.16.